The van der Waals surface area contributed by atoms with Crippen LogP contribution in [0.25, 0.3) is 6.08 Å². The molecule has 0 saturated carbocycles. The average Bonchev–Trinajstić information content (AvgIpc) is 2.97. The Hall–Kier alpha value is -4.11. The normalized spacial score (nSPS) is 11.9. The maximum atomic E-state index is 13.9. The third-order valence-corrected chi connectivity index (χ3v) is 7.68. The fourth-order valence-electron chi connectivity index (χ4n) is 3.60. The van der Waals surface area contributed by atoms with Gasteiger partial charge in [0, 0.05) is 16.1 Å². The second-order valence-corrected chi connectivity index (χ2v) is 10.9. The third-order valence-electron chi connectivity index (χ3n) is 5.74. The van der Waals surface area contributed by atoms with Gasteiger partial charge in [-0.25, -0.2) is 4.39 Å². The third kappa shape index (κ3) is 8.20. The molecule has 0 bridgehead atoms. The van der Waals surface area contributed by atoms with Crippen LogP contribution in [0.4, 0.5) is 15.8 Å². The van der Waals surface area contributed by atoms with Crippen molar-refractivity contribution < 1.29 is 18.8 Å². The number of thioether (sulfide) groups is 1. The maximum Gasteiger partial charge on any atom is 0.272 e. The lowest BCUT2D eigenvalue weighted by Gasteiger charge is -2.14. The van der Waals surface area contributed by atoms with Gasteiger partial charge in [0.1, 0.15) is 11.5 Å². The molecule has 0 radical (unpaired) electrons. The Morgan fingerprint density at radius 1 is 0.829 bits per heavy atom. The van der Waals surface area contributed by atoms with E-state index < -0.39 is 22.9 Å². The lowest BCUT2D eigenvalue weighted by Crippen LogP contribution is -2.30. The number of nitrogens with one attached hydrogen (secondary N) is 3. The van der Waals surface area contributed by atoms with Crippen molar-refractivity contribution in [1.29, 1.82) is 0 Å². The van der Waals surface area contributed by atoms with E-state index >= 15 is 0 Å². The van der Waals surface area contributed by atoms with Gasteiger partial charge in [-0.05, 0) is 73.2 Å². The molecule has 0 heterocycles. The van der Waals surface area contributed by atoms with Gasteiger partial charge in [-0.15, -0.1) is 11.8 Å². The first kappa shape index (κ1) is 29.9. The zero-order valence-corrected chi connectivity index (χ0v) is 24.0. The van der Waals surface area contributed by atoms with Crippen molar-refractivity contribution in [2.45, 2.75) is 17.1 Å². The van der Waals surface area contributed by atoms with E-state index in [-0.39, 0.29) is 22.3 Å². The first-order chi connectivity index (χ1) is 19.7. The van der Waals surface area contributed by atoms with Gasteiger partial charge >= 0.3 is 0 Å². The number of para-hydroxylation sites is 1. The van der Waals surface area contributed by atoms with Crippen molar-refractivity contribution >= 4 is 70.1 Å². The number of benzene rings is 4. The van der Waals surface area contributed by atoms with Crippen LogP contribution >= 0.6 is 35.0 Å². The second-order valence-electron chi connectivity index (χ2n) is 8.73. The van der Waals surface area contributed by atoms with Crippen LogP contribution in [0, 0.1) is 5.82 Å². The van der Waals surface area contributed by atoms with Crippen LogP contribution in [0.1, 0.15) is 22.8 Å². The molecule has 0 spiro atoms. The molecular weight excluding hydrogens is 584 g/mol. The molecular formula is C31H24Cl2FN3O3S. The maximum absolute atomic E-state index is 13.9. The number of hydrogen-bond donors (Lipinski definition) is 3. The number of hydrogen-bond acceptors (Lipinski definition) is 4. The summed E-state index contributed by atoms with van der Waals surface area (Å²) in [6.45, 7) is 1.71. The van der Waals surface area contributed by atoms with Gasteiger partial charge in [-0.2, -0.15) is 0 Å². The van der Waals surface area contributed by atoms with Gasteiger partial charge < -0.3 is 16.0 Å². The summed E-state index contributed by atoms with van der Waals surface area (Å²) in [6, 6.07) is 26.2. The van der Waals surface area contributed by atoms with Crippen LogP contribution < -0.4 is 16.0 Å². The Bertz CT molecular complexity index is 1600. The van der Waals surface area contributed by atoms with E-state index in [1.54, 1.807) is 91.9 Å². The lowest BCUT2D eigenvalue weighted by molar-refractivity contribution is -0.115. The second kappa shape index (κ2) is 14.0. The van der Waals surface area contributed by atoms with E-state index in [9.17, 15) is 18.8 Å². The van der Waals surface area contributed by atoms with E-state index in [1.807, 2.05) is 0 Å². The molecule has 41 heavy (non-hydrogen) atoms. The molecule has 0 aromatic heterocycles. The number of carbonyl (C=O) groups is 3. The van der Waals surface area contributed by atoms with Crippen molar-refractivity contribution in [2.75, 3.05) is 10.6 Å². The number of carbonyl (C=O) groups excluding carboxylic acids is 3. The zero-order chi connectivity index (χ0) is 29.4. The highest BCUT2D eigenvalue weighted by Gasteiger charge is 2.18. The number of rotatable bonds is 9. The molecule has 3 amide bonds. The minimum absolute atomic E-state index is 0.0418. The Morgan fingerprint density at radius 2 is 1.51 bits per heavy atom. The lowest BCUT2D eigenvalue weighted by atomic mass is 10.1. The summed E-state index contributed by atoms with van der Waals surface area (Å²) in [7, 11) is 0. The van der Waals surface area contributed by atoms with Crippen molar-refractivity contribution in [3.63, 3.8) is 0 Å². The van der Waals surface area contributed by atoms with Crippen molar-refractivity contribution in [1.82, 2.24) is 5.32 Å². The highest BCUT2D eigenvalue weighted by Crippen LogP contribution is 2.28. The van der Waals surface area contributed by atoms with Gasteiger partial charge in [0.05, 0.1) is 21.0 Å². The highest BCUT2D eigenvalue weighted by molar-refractivity contribution is 8.00. The smallest absolute Gasteiger partial charge is 0.272 e. The monoisotopic (exact) mass is 607 g/mol. The Balaban J connectivity index is 1.46. The minimum atomic E-state index is -0.580. The van der Waals surface area contributed by atoms with E-state index in [2.05, 4.69) is 16.0 Å². The Labute approximate surface area is 250 Å². The first-order valence-corrected chi connectivity index (χ1v) is 14.0. The fourth-order valence-corrected chi connectivity index (χ4v) is 4.83. The van der Waals surface area contributed by atoms with Crippen LogP contribution in [0.2, 0.25) is 10.0 Å². The SMILES string of the molecule is CC(Sc1ccc(NC(=O)/C(=C/c2cccc(Cl)c2Cl)NC(=O)c2ccccc2)cc1)C(=O)Nc1ccccc1F. The van der Waals surface area contributed by atoms with Gasteiger partial charge in [-0.1, -0.05) is 65.7 Å². The molecule has 10 heteroatoms. The number of amides is 3. The first-order valence-electron chi connectivity index (χ1n) is 12.4. The molecule has 0 saturated heterocycles. The Morgan fingerprint density at radius 3 is 2.22 bits per heavy atom. The molecule has 1 atom stereocenters. The van der Waals surface area contributed by atoms with Gasteiger partial charge in [0.15, 0.2) is 0 Å². The van der Waals surface area contributed by atoms with Crippen LogP contribution in [0.15, 0.2) is 108 Å². The number of halogens is 3. The summed E-state index contributed by atoms with van der Waals surface area (Å²) in [4.78, 5) is 39.4. The Kier molecular flexibility index (Phi) is 10.2. The predicted octanol–water partition coefficient (Wildman–Crippen LogP) is 7.66. The summed E-state index contributed by atoms with van der Waals surface area (Å²) in [5.74, 6) is -1.91. The zero-order valence-electron chi connectivity index (χ0n) is 21.7. The minimum Gasteiger partial charge on any atom is -0.323 e. The van der Waals surface area contributed by atoms with Crippen molar-refractivity contribution in [3.05, 3.63) is 130 Å². The van der Waals surface area contributed by atoms with Crippen LogP contribution in [0.5, 0.6) is 0 Å². The predicted molar refractivity (Wildman–Crippen MR) is 164 cm³/mol. The average molecular weight is 609 g/mol. The van der Waals surface area contributed by atoms with Crippen molar-refractivity contribution in [2.24, 2.45) is 0 Å². The summed E-state index contributed by atoms with van der Waals surface area (Å²) in [6.07, 6.45) is 1.45. The van der Waals surface area contributed by atoms with E-state index in [0.717, 1.165) is 4.90 Å². The molecule has 208 valence electrons. The van der Waals surface area contributed by atoms with Crippen LogP contribution in [-0.2, 0) is 9.59 Å². The van der Waals surface area contributed by atoms with Gasteiger partial charge in [0.2, 0.25) is 5.91 Å². The molecule has 4 aromatic rings. The standard InChI is InChI=1S/C31H24Cl2FN3O3S/c1-19(29(38)36-26-13-6-5-12-25(26)34)41-23-16-14-22(15-17-23)35-31(40)27(18-21-10-7-11-24(32)28(21)33)37-30(39)20-8-3-2-4-9-20/h2-19H,1H3,(H,35,40)(H,36,38)(H,37,39)/b27-18-. The quantitative estimate of drug-likeness (QED) is 0.135. The molecule has 3 N–H and O–H groups in total. The van der Waals surface area contributed by atoms with Crippen LogP contribution in [-0.4, -0.2) is 23.0 Å². The molecule has 1 unspecified atom stereocenters. The largest absolute Gasteiger partial charge is 0.323 e. The summed E-state index contributed by atoms with van der Waals surface area (Å²) < 4.78 is 13.9. The summed E-state index contributed by atoms with van der Waals surface area (Å²) in [5.41, 5.74) is 1.36. The van der Waals surface area contributed by atoms with Gasteiger partial charge in [0.25, 0.3) is 11.8 Å². The van der Waals surface area contributed by atoms with Gasteiger partial charge in [-0.3, -0.25) is 14.4 Å². The fraction of sp³-hybridized carbons (Fsp3) is 0.0645. The van der Waals surface area contributed by atoms with E-state index in [4.69, 9.17) is 23.2 Å². The molecule has 6 nitrogen and oxygen atoms in total. The summed E-state index contributed by atoms with van der Waals surface area (Å²) in [5, 5.41) is 8.04. The summed E-state index contributed by atoms with van der Waals surface area (Å²) >= 11 is 13.7. The molecule has 0 fully saturated rings. The molecule has 0 aliphatic rings. The van der Waals surface area contributed by atoms with E-state index in [0.29, 0.717) is 21.8 Å². The molecule has 0 aliphatic heterocycles. The molecule has 4 rings (SSSR count). The topological polar surface area (TPSA) is 87.3 Å². The van der Waals surface area contributed by atoms with Crippen LogP contribution in [0.3, 0.4) is 0 Å². The molecule has 0 aliphatic carbocycles. The molecule has 4 aromatic carbocycles. The highest BCUT2D eigenvalue weighted by atomic mass is 35.5. The van der Waals surface area contributed by atoms with E-state index in [1.165, 1.54) is 30.0 Å². The van der Waals surface area contributed by atoms with Crippen molar-refractivity contribution in [3.8, 4) is 0 Å². The number of anilines is 2.